The summed E-state index contributed by atoms with van der Waals surface area (Å²) in [5.41, 5.74) is 0.232. The maximum absolute atomic E-state index is 12.5. The predicted molar refractivity (Wildman–Crippen MR) is 79.6 cm³/mol. The van der Waals surface area contributed by atoms with Crippen LogP contribution in [0.5, 0.6) is 0 Å². The van der Waals surface area contributed by atoms with E-state index in [1.54, 1.807) is 23.2 Å². The molecule has 1 saturated heterocycles. The molecule has 104 valence electrons. The average molecular weight is 307 g/mol. The smallest absolute Gasteiger partial charge is 0.264 e. The van der Waals surface area contributed by atoms with Gasteiger partial charge in [0.05, 0.1) is 16.0 Å². The molecule has 0 aliphatic carbocycles. The lowest BCUT2D eigenvalue weighted by atomic mass is 10.1. The first-order valence-electron chi connectivity index (χ1n) is 6.40. The van der Waals surface area contributed by atoms with Crippen LogP contribution >= 0.6 is 22.7 Å². The van der Waals surface area contributed by atoms with Crippen molar-refractivity contribution in [3.63, 3.8) is 0 Å². The molecule has 1 unspecified atom stereocenters. The standard InChI is InChI=1S/C13H13N3O2S2/c1-13(18)2-3-15(7-13)11(17)9-6-8-10(20-9)14-12-16(8)4-5-19-12/h4-6,18H,2-3,7H2,1H3. The third-order valence-electron chi connectivity index (χ3n) is 3.69. The highest BCUT2D eigenvalue weighted by Crippen LogP contribution is 2.30. The number of β-amino-alcohol motifs (C(OH)–C–C–N with tert-alkyl or cyclic N) is 1. The van der Waals surface area contributed by atoms with Gasteiger partial charge in [-0.25, -0.2) is 4.98 Å². The maximum Gasteiger partial charge on any atom is 0.264 e. The number of rotatable bonds is 1. The number of thiophene rings is 1. The Morgan fingerprint density at radius 1 is 1.55 bits per heavy atom. The van der Waals surface area contributed by atoms with Gasteiger partial charge in [-0.2, -0.15) is 0 Å². The van der Waals surface area contributed by atoms with E-state index in [0.717, 1.165) is 15.3 Å². The second kappa shape index (κ2) is 4.03. The Balaban J connectivity index is 1.71. The molecule has 0 spiro atoms. The Morgan fingerprint density at radius 3 is 3.15 bits per heavy atom. The van der Waals surface area contributed by atoms with E-state index in [1.165, 1.54) is 11.3 Å². The van der Waals surface area contributed by atoms with Gasteiger partial charge in [0.15, 0.2) is 4.96 Å². The second-order valence-corrected chi connectivity index (χ2v) is 7.35. The maximum atomic E-state index is 12.5. The molecule has 0 aromatic carbocycles. The lowest BCUT2D eigenvalue weighted by Gasteiger charge is -2.18. The van der Waals surface area contributed by atoms with Gasteiger partial charge < -0.3 is 10.0 Å². The fraction of sp³-hybridized carbons (Fsp3) is 0.385. The van der Waals surface area contributed by atoms with Crippen molar-refractivity contribution in [2.45, 2.75) is 18.9 Å². The molecule has 3 aromatic rings. The highest BCUT2D eigenvalue weighted by molar-refractivity contribution is 7.21. The Kier molecular flexibility index (Phi) is 2.48. The number of hydrogen-bond acceptors (Lipinski definition) is 5. The molecule has 5 nitrogen and oxygen atoms in total. The van der Waals surface area contributed by atoms with Gasteiger partial charge in [0.1, 0.15) is 4.83 Å². The van der Waals surface area contributed by atoms with Crippen LogP contribution < -0.4 is 0 Å². The molecule has 1 aliphatic heterocycles. The van der Waals surface area contributed by atoms with Crippen molar-refractivity contribution in [2.75, 3.05) is 13.1 Å². The molecule has 1 aliphatic rings. The van der Waals surface area contributed by atoms with Gasteiger partial charge in [-0.15, -0.1) is 22.7 Å². The van der Waals surface area contributed by atoms with Crippen LogP contribution in [0.4, 0.5) is 0 Å². The number of nitrogens with zero attached hydrogens (tertiary/aromatic N) is 3. The van der Waals surface area contributed by atoms with Crippen LogP contribution in [-0.2, 0) is 0 Å². The van der Waals surface area contributed by atoms with Crippen molar-refractivity contribution in [1.29, 1.82) is 0 Å². The summed E-state index contributed by atoms with van der Waals surface area (Å²) in [5.74, 6) is -0.00486. The monoisotopic (exact) mass is 307 g/mol. The van der Waals surface area contributed by atoms with Crippen LogP contribution in [0, 0.1) is 0 Å². The number of amides is 1. The summed E-state index contributed by atoms with van der Waals surface area (Å²) in [6.07, 6.45) is 2.61. The summed E-state index contributed by atoms with van der Waals surface area (Å²) in [7, 11) is 0. The van der Waals surface area contributed by atoms with E-state index in [1.807, 2.05) is 22.0 Å². The molecule has 1 N–H and O–H groups in total. The topological polar surface area (TPSA) is 57.8 Å². The summed E-state index contributed by atoms with van der Waals surface area (Å²) in [4.78, 5) is 21.2. The highest BCUT2D eigenvalue weighted by atomic mass is 32.1. The lowest BCUT2D eigenvalue weighted by molar-refractivity contribution is 0.0575. The van der Waals surface area contributed by atoms with Gasteiger partial charge in [0.25, 0.3) is 5.91 Å². The molecule has 0 radical (unpaired) electrons. The second-order valence-electron chi connectivity index (χ2n) is 5.44. The summed E-state index contributed by atoms with van der Waals surface area (Å²) in [6, 6.07) is 1.90. The molecule has 4 rings (SSSR count). The van der Waals surface area contributed by atoms with Crippen molar-refractivity contribution in [3.8, 4) is 0 Å². The number of imidazole rings is 1. The van der Waals surface area contributed by atoms with Crippen LogP contribution in [0.25, 0.3) is 15.3 Å². The highest BCUT2D eigenvalue weighted by Gasteiger charge is 2.35. The van der Waals surface area contributed by atoms with E-state index in [2.05, 4.69) is 4.98 Å². The average Bonchev–Trinajstić information content (AvgIpc) is 3.07. The van der Waals surface area contributed by atoms with Gasteiger partial charge in [-0.1, -0.05) is 0 Å². The summed E-state index contributed by atoms with van der Waals surface area (Å²) in [6.45, 7) is 2.79. The first-order chi connectivity index (χ1) is 9.53. The minimum atomic E-state index is -0.755. The number of aliphatic hydroxyl groups is 1. The van der Waals surface area contributed by atoms with E-state index in [9.17, 15) is 9.90 Å². The number of thiazole rings is 1. The number of hydrogen-bond donors (Lipinski definition) is 1. The van der Waals surface area contributed by atoms with E-state index in [4.69, 9.17) is 0 Å². The van der Waals surface area contributed by atoms with Crippen molar-refractivity contribution >= 4 is 43.9 Å². The van der Waals surface area contributed by atoms with E-state index in [0.29, 0.717) is 24.4 Å². The Hall–Kier alpha value is -1.44. The van der Waals surface area contributed by atoms with Gasteiger partial charge >= 0.3 is 0 Å². The molecule has 3 aromatic heterocycles. The normalized spacial score (nSPS) is 23.2. The van der Waals surface area contributed by atoms with Crippen LogP contribution in [0.2, 0.25) is 0 Å². The number of aromatic nitrogens is 2. The van der Waals surface area contributed by atoms with Crippen LogP contribution in [0.3, 0.4) is 0 Å². The molecule has 0 saturated carbocycles. The number of carbonyl (C=O) groups is 1. The molecule has 1 fully saturated rings. The van der Waals surface area contributed by atoms with Crippen LogP contribution in [0.1, 0.15) is 23.0 Å². The minimum Gasteiger partial charge on any atom is -0.388 e. The Morgan fingerprint density at radius 2 is 2.40 bits per heavy atom. The first kappa shape index (κ1) is 12.3. The number of likely N-dealkylation sites (tertiary alicyclic amines) is 1. The van der Waals surface area contributed by atoms with Crippen molar-refractivity contribution < 1.29 is 9.90 Å². The van der Waals surface area contributed by atoms with E-state index < -0.39 is 5.60 Å². The SMILES string of the molecule is CC1(O)CCN(C(=O)c2cc3c(nc4sccn43)s2)C1. The molecule has 7 heteroatoms. The zero-order chi connectivity index (χ0) is 13.9. The molecule has 4 heterocycles. The number of fused-ring (bicyclic) bond motifs is 3. The van der Waals surface area contributed by atoms with Crippen LogP contribution in [-0.4, -0.2) is 44.0 Å². The quantitative estimate of drug-likeness (QED) is 0.750. The van der Waals surface area contributed by atoms with Crippen LogP contribution in [0.15, 0.2) is 17.6 Å². The molecular formula is C13H13N3O2S2. The molecular weight excluding hydrogens is 294 g/mol. The zero-order valence-electron chi connectivity index (χ0n) is 10.9. The largest absolute Gasteiger partial charge is 0.388 e. The van der Waals surface area contributed by atoms with Crippen molar-refractivity contribution in [3.05, 3.63) is 22.5 Å². The van der Waals surface area contributed by atoms with Crippen molar-refractivity contribution in [2.24, 2.45) is 0 Å². The lowest BCUT2D eigenvalue weighted by Crippen LogP contribution is -2.33. The molecule has 1 atom stereocenters. The Bertz CT molecular complexity index is 814. The summed E-state index contributed by atoms with van der Waals surface area (Å²) >= 11 is 3.01. The fourth-order valence-electron chi connectivity index (χ4n) is 2.63. The number of carbonyl (C=O) groups excluding carboxylic acids is 1. The van der Waals surface area contributed by atoms with E-state index in [-0.39, 0.29) is 5.91 Å². The molecule has 0 bridgehead atoms. The molecule has 1 amide bonds. The van der Waals surface area contributed by atoms with Gasteiger partial charge in [-0.3, -0.25) is 9.20 Å². The third kappa shape index (κ3) is 1.77. The van der Waals surface area contributed by atoms with Gasteiger partial charge in [-0.05, 0) is 19.4 Å². The zero-order valence-corrected chi connectivity index (χ0v) is 12.5. The van der Waals surface area contributed by atoms with Gasteiger partial charge in [0.2, 0.25) is 0 Å². The third-order valence-corrected chi connectivity index (χ3v) is 5.45. The summed E-state index contributed by atoms with van der Waals surface area (Å²) in [5, 5.41) is 12.0. The Labute approximate surface area is 123 Å². The summed E-state index contributed by atoms with van der Waals surface area (Å²) < 4.78 is 2.01. The fourth-order valence-corrected chi connectivity index (χ4v) is 4.40. The van der Waals surface area contributed by atoms with E-state index >= 15 is 0 Å². The first-order valence-corrected chi connectivity index (χ1v) is 8.10. The minimum absolute atomic E-state index is 0.00486. The van der Waals surface area contributed by atoms with Gasteiger partial charge in [0, 0.05) is 24.7 Å². The predicted octanol–water partition coefficient (Wildman–Crippen LogP) is 2.21. The molecule has 20 heavy (non-hydrogen) atoms. The van der Waals surface area contributed by atoms with Crippen molar-refractivity contribution in [1.82, 2.24) is 14.3 Å².